The standard InChI is InChI=1S/C12H18O4/c1-3-5-13-11(9-7-15-9)12(10-8-16-10)14-6-4-2/h3-4,9-12H,1-2,5-8H2/t9-,10+,11+,12-. The molecule has 0 amide bonds. The van der Waals surface area contributed by atoms with E-state index in [9.17, 15) is 0 Å². The van der Waals surface area contributed by atoms with Crippen molar-refractivity contribution in [3.63, 3.8) is 0 Å². The Balaban J connectivity index is 1.89. The number of hydrogen-bond acceptors (Lipinski definition) is 4. The van der Waals surface area contributed by atoms with E-state index in [1.807, 2.05) is 0 Å². The van der Waals surface area contributed by atoms with Crippen molar-refractivity contribution in [3.05, 3.63) is 25.3 Å². The van der Waals surface area contributed by atoms with Gasteiger partial charge in [0, 0.05) is 0 Å². The van der Waals surface area contributed by atoms with Crippen LogP contribution in [0.1, 0.15) is 0 Å². The molecule has 0 aromatic carbocycles. The van der Waals surface area contributed by atoms with Crippen LogP contribution in [0.5, 0.6) is 0 Å². The molecule has 4 nitrogen and oxygen atoms in total. The van der Waals surface area contributed by atoms with Gasteiger partial charge in [-0.15, -0.1) is 13.2 Å². The Morgan fingerprint density at radius 2 is 1.38 bits per heavy atom. The minimum absolute atomic E-state index is 0.0644. The van der Waals surface area contributed by atoms with Gasteiger partial charge in [0.2, 0.25) is 0 Å². The van der Waals surface area contributed by atoms with Gasteiger partial charge < -0.3 is 18.9 Å². The summed E-state index contributed by atoms with van der Waals surface area (Å²) in [5.41, 5.74) is 0. The summed E-state index contributed by atoms with van der Waals surface area (Å²) in [6.07, 6.45) is 3.61. The highest BCUT2D eigenvalue weighted by molar-refractivity contribution is 4.95. The first-order chi connectivity index (χ1) is 7.86. The summed E-state index contributed by atoms with van der Waals surface area (Å²) in [4.78, 5) is 0. The molecule has 2 saturated heterocycles. The maximum absolute atomic E-state index is 5.69. The first-order valence-electron chi connectivity index (χ1n) is 5.55. The number of hydrogen-bond donors (Lipinski definition) is 0. The third kappa shape index (κ3) is 3.15. The number of rotatable bonds is 9. The SMILES string of the molecule is C=CCO[C@H]([C@H](OCC=C)[C@@H]1CO1)[C@H]1CO1. The van der Waals surface area contributed by atoms with Gasteiger partial charge >= 0.3 is 0 Å². The lowest BCUT2D eigenvalue weighted by Crippen LogP contribution is -2.40. The summed E-state index contributed by atoms with van der Waals surface area (Å²) in [5, 5.41) is 0. The van der Waals surface area contributed by atoms with Gasteiger partial charge in [-0.25, -0.2) is 0 Å². The summed E-state index contributed by atoms with van der Waals surface area (Å²) in [7, 11) is 0. The number of ether oxygens (including phenoxy) is 4. The minimum Gasteiger partial charge on any atom is -0.370 e. The monoisotopic (exact) mass is 226 g/mol. The van der Waals surface area contributed by atoms with E-state index in [1.165, 1.54) is 0 Å². The van der Waals surface area contributed by atoms with Gasteiger partial charge in [0.05, 0.1) is 26.4 Å². The van der Waals surface area contributed by atoms with Crippen LogP contribution in [0.2, 0.25) is 0 Å². The van der Waals surface area contributed by atoms with Crippen LogP contribution in [0.3, 0.4) is 0 Å². The Morgan fingerprint density at radius 1 is 1.00 bits per heavy atom. The lowest BCUT2D eigenvalue weighted by Gasteiger charge is -2.24. The van der Waals surface area contributed by atoms with Gasteiger partial charge in [0.15, 0.2) is 0 Å². The zero-order valence-corrected chi connectivity index (χ0v) is 9.34. The molecule has 16 heavy (non-hydrogen) atoms. The third-order valence-corrected chi connectivity index (χ3v) is 2.59. The van der Waals surface area contributed by atoms with Crippen LogP contribution in [0.4, 0.5) is 0 Å². The van der Waals surface area contributed by atoms with Crippen LogP contribution < -0.4 is 0 Å². The van der Waals surface area contributed by atoms with E-state index < -0.39 is 0 Å². The van der Waals surface area contributed by atoms with Gasteiger partial charge in [0.25, 0.3) is 0 Å². The Labute approximate surface area is 95.8 Å². The molecule has 4 atom stereocenters. The summed E-state index contributed by atoms with van der Waals surface area (Å²) in [5.74, 6) is 0. The second-order valence-corrected chi connectivity index (χ2v) is 3.92. The molecule has 0 bridgehead atoms. The maximum atomic E-state index is 5.69. The third-order valence-electron chi connectivity index (χ3n) is 2.59. The Hall–Kier alpha value is -0.680. The average Bonchev–Trinajstić information content (AvgIpc) is 3.15. The van der Waals surface area contributed by atoms with Crippen LogP contribution in [-0.2, 0) is 18.9 Å². The second kappa shape index (κ2) is 5.59. The van der Waals surface area contributed by atoms with Crippen LogP contribution in [0.15, 0.2) is 25.3 Å². The molecule has 2 aliphatic heterocycles. The average molecular weight is 226 g/mol. The summed E-state index contributed by atoms with van der Waals surface area (Å²) in [6, 6.07) is 0. The van der Waals surface area contributed by atoms with Crippen molar-refractivity contribution in [1.82, 2.24) is 0 Å². The van der Waals surface area contributed by atoms with Crippen molar-refractivity contribution in [3.8, 4) is 0 Å². The van der Waals surface area contributed by atoms with E-state index in [1.54, 1.807) is 12.2 Å². The zero-order chi connectivity index (χ0) is 11.4. The molecule has 2 aliphatic rings. The van der Waals surface area contributed by atoms with Gasteiger partial charge in [-0.3, -0.25) is 0 Å². The fourth-order valence-electron chi connectivity index (χ4n) is 1.68. The molecular formula is C12H18O4. The number of epoxide rings is 2. The molecule has 0 unspecified atom stereocenters. The molecule has 90 valence electrons. The maximum Gasteiger partial charge on any atom is 0.115 e. The Morgan fingerprint density at radius 3 is 1.62 bits per heavy atom. The Kier molecular flexibility index (Phi) is 4.12. The van der Waals surface area contributed by atoms with Crippen LogP contribution >= 0.6 is 0 Å². The fraction of sp³-hybridized carbons (Fsp3) is 0.667. The topological polar surface area (TPSA) is 43.5 Å². The second-order valence-electron chi connectivity index (χ2n) is 3.92. The molecule has 0 N–H and O–H groups in total. The fourth-order valence-corrected chi connectivity index (χ4v) is 1.68. The van der Waals surface area contributed by atoms with E-state index >= 15 is 0 Å². The summed E-state index contributed by atoms with van der Waals surface area (Å²) in [6.45, 7) is 9.77. The van der Waals surface area contributed by atoms with Crippen molar-refractivity contribution >= 4 is 0 Å². The van der Waals surface area contributed by atoms with Crippen LogP contribution in [-0.4, -0.2) is 50.8 Å². The lowest BCUT2D eigenvalue weighted by atomic mass is 10.1. The highest BCUT2D eigenvalue weighted by atomic mass is 16.6. The molecule has 2 fully saturated rings. The molecular weight excluding hydrogens is 208 g/mol. The minimum atomic E-state index is -0.0644. The smallest absolute Gasteiger partial charge is 0.115 e. The Bertz CT molecular complexity index is 219. The molecule has 0 aliphatic carbocycles. The summed E-state index contributed by atoms with van der Waals surface area (Å²) < 4.78 is 22.0. The lowest BCUT2D eigenvalue weighted by molar-refractivity contribution is -0.0789. The van der Waals surface area contributed by atoms with Crippen molar-refractivity contribution in [2.45, 2.75) is 24.4 Å². The van der Waals surface area contributed by atoms with Gasteiger partial charge in [0.1, 0.15) is 24.4 Å². The predicted octanol–water partition coefficient (Wildman–Crippen LogP) is 0.926. The normalized spacial score (nSPS) is 30.5. The highest BCUT2D eigenvalue weighted by Gasteiger charge is 2.47. The van der Waals surface area contributed by atoms with Crippen LogP contribution in [0, 0.1) is 0 Å². The molecule has 0 radical (unpaired) electrons. The molecule has 2 heterocycles. The van der Waals surface area contributed by atoms with E-state index in [2.05, 4.69) is 13.2 Å². The zero-order valence-electron chi connectivity index (χ0n) is 9.34. The molecule has 0 spiro atoms. The van der Waals surface area contributed by atoms with Crippen molar-refractivity contribution in [2.24, 2.45) is 0 Å². The van der Waals surface area contributed by atoms with E-state index in [4.69, 9.17) is 18.9 Å². The molecule has 4 heteroatoms. The quantitative estimate of drug-likeness (QED) is 0.433. The molecule has 2 rings (SSSR count). The largest absolute Gasteiger partial charge is 0.370 e. The van der Waals surface area contributed by atoms with E-state index in [0.29, 0.717) is 13.2 Å². The van der Waals surface area contributed by atoms with Crippen molar-refractivity contribution in [1.29, 1.82) is 0 Å². The van der Waals surface area contributed by atoms with Crippen molar-refractivity contribution in [2.75, 3.05) is 26.4 Å². The van der Waals surface area contributed by atoms with E-state index in [0.717, 1.165) is 13.2 Å². The predicted molar refractivity (Wildman–Crippen MR) is 59.4 cm³/mol. The summed E-state index contributed by atoms with van der Waals surface area (Å²) >= 11 is 0. The van der Waals surface area contributed by atoms with Crippen LogP contribution in [0.25, 0.3) is 0 Å². The highest BCUT2D eigenvalue weighted by Crippen LogP contribution is 2.29. The first kappa shape index (κ1) is 11.8. The van der Waals surface area contributed by atoms with Gasteiger partial charge in [-0.1, -0.05) is 12.2 Å². The first-order valence-corrected chi connectivity index (χ1v) is 5.55. The van der Waals surface area contributed by atoms with Crippen molar-refractivity contribution < 1.29 is 18.9 Å². The van der Waals surface area contributed by atoms with E-state index in [-0.39, 0.29) is 24.4 Å². The molecule has 0 aromatic rings. The van der Waals surface area contributed by atoms with Gasteiger partial charge in [-0.2, -0.15) is 0 Å². The molecule has 0 aromatic heterocycles. The molecule has 0 saturated carbocycles. The van der Waals surface area contributed by atoms with Gasteiger partial charge in [-0.05, 0) is 0 Å².